The second-order valence-electron chi connectivity index (χ2n) is 4.48. The van der Waals surface area contributed by atoms with Crippen LogP contribution < -0.4 is 10.6 Å². The van der Waals surface area contributed by atoms with Crippen molar-refractivity contribution in [3.8, 4) is 0 Å². The fraction of sp³-hybridized carbons (Fsp3) is 0.571. The Balaban J connectivity index is 2.97. The van der Waals surface area contributed by atoms with Crippen LogP contribution in [0.25, 0.3) is 0 Å². The minimum Gasteiger partial charge on any atom is -0.389 e. The molecule has 0 saturated heterocycles. The van der Waals surface area contributed by atoms with Crippen molar-refractivity contribution in [1.29, 1.82) is 0 Å². The quantitative estimate of drug-likeness (QED) is 0.770. The molecule has 3 nitrogen and oxygen atoms in total. The lowest BCUT2D eigenvalue weighted by atomic mass is 10.0. The van der Waals surface area contributed by atoms with Gasteiger partial charge in [0.2, 0.25) is 0 Å². The van der Waals surface area contributed by atoms with Crippen LogP contribution in [-0.4, -0.2) is 23.1 Å². The molecule has 0 fully saturated rings. The van der Waals surface area contributed by atoms with Crippen LogP contribution in [0.5, 0.6) is 0 Å². The molecule has 4 heteroatoms. The summed E-state index contributed by atoms with van der Waals surface area (Å²) in [6, 6.07) is 1.90. The zero-order chi connectivity index (χ0) is 13.5. The predicted octanol–water partition coefficient (Wildman–Crippen LogP) is 2.98. The molecule has 0 aliphatic heterocycles. The highest BCUT2D eigenvalue weighted by atomic mass is 32.1. The number of hydrogen-bond acceptors (Lipinski definition) is 3. The van der Waals surface area contributed by atoms with E-state index >= 15 is 0 Å². The molecule has 1 aromatic rings. The van der Waals surface area contributed by atoms with Gasteiger partial charge in [0.05, 0.1) is 11.9 Å². The van der Waals surface area contributed by atoms with Crippen molar-refractivity contribution >= 4 is 22.9 Å². The summed E-state index contributed by atoms with van der Waals surface area (Å²) in [5.41, 5.74) is 7.76. The van der Waals surface area contributed by atoms with E-state index in [2.05, 4.69) is 30.7 Å². The van der Waals surface area contributed by atoms with E-state index in [0.29, 0.717) is 10.9 Å². The highest BCUT2D eigenvalue weighted by molar-refractivity contribution is 7.80. The van der Waals surface area contributed by atoms with Gasteiger partial charge in [-0.15, -0.1) is 0 Å². The molecule has 18 heavy (non-hydrogen) atoms. The van der Waals surface area contributed by atoms with Crippen LogP contribution in [0.2, 0.25) is 0 Å². The molecule has 1 aromatic heterocycles. The van der Waals surface area contributed by atoms with E-state index in [1.165, 1.54) is 12.8 Å². The van der Waals surface area contributed by atoms with Gasteiger partial charge in [0.1, 0.15) is 4.99 Å². The molecule has 0 amide bonds. The molecule has 100 valence electrons. The molecule has 0 aliphatic rings. The van der Waals surface area contributed by atoms with Gasteiger partial charge in [-0.05, 0) is 18.9 Å². The van der Waals surface area contributed by atoms with Gasteiger partial charge >= 0.3 is 0 Å². The van der Waals surface area contributed by atoms with Crippen LogP contribution in [0.4, 0.5) is 5.69 Å². The summed E-state index contributed by atoms with van der Waals surface area (Å²) in [7, 11) is 0. The predicted molar refractivity (Wildman–Crippen MR) is 82.1 cm³/mol. The largest absolute Gasteiger partial charge is 0.389 e. The summed E-state index contributed by atoms with van der Waals surface area (Å²) >= 11 is 5.11. The smallest absolute Gasteiger partial charge is 0.106 e. The van der Waals surface area contributed by atoms with E-state index in [-0.39, 0.29) is 0 Å². The van der Waals surface area contributed by atoms with Gasteiger partial charge in [0.15, 0.2) is 0 Å². The summed E-state index contributed by atoms with van der Waals surface area (Å²) in [6.45, 7) is 8.60. The van der Waals surface area contributed by atoms with Gasteiger partial charge in [-0.1, -0.05) is 38.9 Å². The lowest BCUT2D eigenvalue weighted by Gasteiger charge is -2.28. The van der Waals surface area contributed by atoms with E-state index in [1.54, 1.807) is 6.20 Å². The third-order valence-electron chi connectivity index (χ3n) is 3.42. The first-order valence-corrected chi connectivity index (χ1v) is 7.03. The van der Waals surface area contributed by atoms with E-state index in [1.807, 2.05) is 12.3 Å². The number of anilines is 1. The van der Waals surface area contributed by atoms with Gasteiger partial charge < -0.3 is 10.6 Å². The van der Waals surface area contributed by atoms with Crippen LogP contribution in [0, 0.1) is 5.92 Å². The third kappa shape index (κ3) is 3.67. The van der Waals surface area contributed by atoms with Crippen molar-refractivity contribution in [2.24, 2.45) is 11.7 Å². The molecule has 0 unspecified atom stereocenters. The van der Waals surface area contributed by atoms with Gasteiger partial charge in [-0.3, -0.25) is 4.98 Å². The molecule has 0 bridgehead atoms. The number of nitrogens with two attached hydrogens (primary N) is 1. The molecule has 1 rings (SSSR count). The second kappa shape index (κ2) is 7.31. The Morgan fingerprint density at radius 3 is 2.56 bits per heavy atom. The number of hydrogen-bond donors (Lipinski definition) is 1. The van der Waals surface area contributed by atoms with Gasteiger partial charge in [0.25, 0.3) is 0 Å². The van der Waals surface area contributed by atoms with Gasteiger partial charge in [-0.25, -0.2) is 0 Å². The lowest BCUT2D eigenvalue weighted by Crippen LogP contribution is -2.31. The maximum Gasteiger partial charge on any atom is 0.106 e. The van der Waals surface area contributed by atoms with Crippen LogP contribution >= 0.6 is 12.2 Å². The Morgan fingerprint density at radius 1 is 1.39 bits per heavy atom. The number of pyridine rings is 1. The average Bonchev–Trinajstić information content (AvgIpc) is 2.40. The first-order valence-electron chi connectivity index (χ1n) is 6.62. The highest BCUT2D eigenvalue weighted by Gasteiger charge is 2.15. The Morgan fingerprint density at radius 2 is 2.06 bits per heavy atom. The first kappa shape index (κ1) is 14.9. The number of thiocarbonyl (C=S) groups is 1. The Hall–Kier alpha value is -1.16. The number of rotatable bonds is 7. The standard InChI is InChI=1S/C14H23N3S/c1-4-11(5-2)10-17(6-3)13-9-16-8-7-12(13)14(15)18/h7-9,11H,4-6,10H2,1-3H3,(H2,15,18). The summed E-state index contributed by atoms with van der Waals surface area (Å²) in [5.74, 6) is 0.698. The van der Waals surface area contributed by atoms with Crippen LogP contribution in [0.1, 0.15) is 39.2 Å². The Labute approximate surface area is 115 Å². The van der Waals surface area contributed by atoms with Crippen LogP contribution in [0.15, 0.2) is 18.5 Å². The fourth-order valence-electron chi connectivity index (χ4n) is 2.10. The van der Waals surface area contributed by atoms with E-state index < -0.39 is 0 Å². The minimum absolute atomic E-state index is 0.440. The zero-order valence-corrected chi connectivity index (χ0v) is 12.3. The summed E-state index contributed by atoms with van der Waals surface area (Å²) in [4.78, 5) is 6.96. The van der Waals surface area contributed by atoms with Crippen molar-refractivity contribution in [2.75, 3.05) is 18.0 Å². The van der Waals surface area contributed by atoms with Crippen molar-refractivity contribution in [1.82, 2.24) is 4.98 Å². The van der Waals surface area contributed by atoms with Crippen molar-refractivity contribution in [3.63, 3.8) is 0 Å². The molecule has 0 aliphatic carbocycles. The molecule has 0 atom stereocenters. The molecular weight excluding hydrogens is 242 g/mol. The highest BCUT2D eigenvalue weighted by Crippen LogP contribution is 2.21. The summed E-state index contributed by atoms with van der Waals surface area (Å²) in [6.07, 6.45) is 5.98. The SMILES string of the molecule is CCC(CC)CN(CC)c1cnccc1C(N)=S. The Kier molecular flexibility index (Phi) is 6.05. The summed E-state index contributed by atoms with van der Waals surface area (Å²) in [5, 5.41) is 0. The lowest BCUT2D eigenvalue weighted by molar-refractivity contribution is 0.486. The third-order valence-corrected chi connectivity index (χ3v) is 3.64. The molecular formula is C14H23N3S. The second-order valence-corrected chi connectivity index (χ2v) is 4.92. The van der Waals surface area contributed by atoms with E-state index in [4.69, 9.17) is 18.0 Å². The molecule has 1 heterocycles. The van der Waals surface area contributed by atoms with E-state index in [9.17, 15) is 0 Å². The van der Waals surface area contributed by atoms with Gasteiger partial charge in [0, 0.05) is 24.8 Å². The van der Waals surface area contributed by atoms with Crippen molar-refractivity contribution < 1.29 is 0 Å². The average molecular weight is 265 g/mol. The summed E-state index contributed by atoms with van der Waals surface area (Å²) < 4.78 is 0. The zero-order valence-electron chi connectivity index (χ0n) is 11.5. The van der Waals surface area contributed by atoms with E-state index in [0.717, 1.165) is 24.3 Å². The molecule has 0 saturated carbocycles. The Bertz CT molecular complexity index is 388. The minimum atomic E-state index is 0.440. The maximum atomic E-state index is 5.78. The monoisotopic (exact) mass is 265 g/mol. The molecule has 0 spiro atoms. The number of nitrogens with zero attached hydrogens (tertiary/aromatic N) is 2. The van der Waals surface area contributed by atoms with Crippen molar-refractivity contribution in [2.45, 2.75) is 33.6 Å². The normalized spacial score (nSPS) is 10.7. The first-order chi connectivity index (χ1) is 8.63. The fourth-order valence-corrected chi connectivity index (χ4v) is 2.28. The molecule has 0 aromatic carbocycles. The van der Waals surface area contributed by atoms with Gasteiger partial charge in [-0.2, -0.15) is 0 Å². The number of aromatic nitrogens is 1. The van der Waals surface area contributed by atoms with Crippen molar-refractivity contribution in [3.05, 3.63) is 24.0 Å². The topological polar surface area (TPSA) is 42.2 Å². The van der Waals surface area contributed by atoms with Crippen LogP contribution in [0.3, 0.4) is 0 Å². The molecule has 2 N–H and O–H groups in total. The molecule has 0 radical (unpaired) electrons. The van der Waals surface area contributed by atoms with Crippen LogP contribution in [-0.2, 0) is 0 Å². The maximum absolute atomic E-state index is 5.78.